The number of aryl methyl sites for hydroxylation is 1. The minimum atomic E-state index is -0.143. The van der Waals surface area contributed by atoms with E-state index in [1.165, 1.54) is 16.9 Å². The Morgan fingerprint density at radius 3 is 2.44 bits per heavy atom. The Labute approximate surface area is 150 Å². The van der Waals surface area contributed by atoms with Gasteiger partial charge in [-0.05, 0) is 36.2 Å². The Hall–Kier alpha value is -2.98. The first kappa shape index (κ1) is 15.5. The molecular formula is C21H16N2OS. The van der Waals surface area contributed by atoms with Crippen LogP contribution in [0.15, 0.2) is 72.8 Å². The number of para-hydroxylation sites is 1. The van der Waals surface area contributed by atoms with Gasteiger partial charge in [0.1, 0.15) is 0 Å². The second-order valence-electron chi connectivity index (χ2n) is 5.85. The quantitative estimate of drug-likeness (QED) is 0.531. The molecule has 4 aromatic rings. The highest BCUT2D eigenvalue weighted by molar-refractivity contribution is 7.22. The molecule has 1 aromatic heterocycles. The van der Waals surface area contributed by atoms with Crippen molar-refractivity contribution in [3.63, 3.8) is 0 Å². The van der Waals surface area contributed by atoms with Crippen molar-refractivity contribution in [2.24, 2.45) is 0 Å². The fourth-order valence-corrected chi connectivity index (χ4v) is 3.62. The van der Waals surface area contributed by atoms with Crippen LogP contribution >= 0.6 is 11.3 Å². The SMILES string of the molecule is Cc1ccc(-c2ccccc2C(=O)Nc2nc3ccccc3s2)cc1. The molecular weight excluding hydrogens is 328 g/mol. The summed E-state index contributed by atoms with van der Waals surface area (Å²) in [6, 6.07) is 23.7. The van der Waals surface area contributed by atoms with Crippen LogP contribution < -0.4 is 5.32 Å². The lowest BCUT2D eigenvalue weighted by Crippen LogP contribution is -2.12. The fraction of sp³-hybridized carbons (Fsp3) is 0.0476. The molecule has 0 aliphatic rings. The lowest BCUT2D eigenvalue weighted by molar-refractivity contribution is 0.102. The van der Waals surface area contributed by atoms with Crippen LogP contribution in [-0.2, 0) is 0 Å². The van der Waals surface area contributed by atoms with Crippen molar-refractivity contribution in [1.82, 2.24) is 4.98 Å². The molecule has 122 valence electrons. The molecule has 1 heterocycles. The van der Waals surface area contributed by atoms with Crippen molar-refractivity contribution < 1.29 is 4.79 Å². The van der Waals surface area contributed by atoms with Crippen LogP contribution in [0.1, 0.15) is 15.9 Å². The number of carbonyl (C=O) groups is 1. The van der Waals surface area contributed by atoms with Crippen molar-refractivity contribution in [1.29, 1.82) is 0 Å². The summed E-state index contributed by atoms with van der Waals surface area (Å²) in [5.41, 5.74) is 4.68. The summed E-state index contributed by atoms with van der Waals surface area (Å²) < 4.78 is 1.06. The summed E-state index contributed by atoms with van der Waals surface area (Å²) in [4.78, 5) is 17.3. The number of benzene rings is 3. The van der Waals surface area contributed by atoms with Gasteiger partial charge in [-0.1, -0.05) is 71.5 Å². The second kappa shape index (κ2) is 6.49. The zero-order valence-corrected chi connectivity index (χ0v) is 14.5. The Balaban J connectivity index is 1.67. The standard InChI is InChI=1S/C21H16N2OS/c1-14-10-12-15(13-11-14)16-6-2-3-7-17(16)20(24)23-21-22-18-8-4-5-9-19(18)25-21/h2-13H,1H3,(H,22,23,24). The van der Waals surface area contributed by atoms with Crippen LogP contribution in [0.4, 0.5) is 5.13 Å². The van der Waals surface area contributed by atoms with Gasteiger partial charge >= 0.3 is 0 Å². The Morgan fingerprint density at radius 1 is 0.920 bits per heavy atom. The molecule has 4 heteroatoms. The van der Waals surface area contributed by atoms with E-state index in [0.29, 0.717) is 10.7 Å². The van der Waals surface area contributed by atoms with E-state index >= 15 is 0 Å². The third kappa shape index (κ3) is 3.16. The van der Waals surface area contributed by atoms with Crippen LogP contribution in [0, 0.1) is 6.92 Å². The van der Waals surface area contributed by atoms with E-state index in [2.05, 4.69) is 29.4 Å². The average Bonchev–Trinajstić information content (AvgIpc) is 3.04. The van der Waals surface area contributed by atoms with Crippen molar-refractivity contribution in [3.05, 3.63) is 83.9 Å². The lowest BCUT2D eigenvalue weighted by atomic mass is 9.98. The molecule has 0 saturated heterocycles. The summed E-state index contributed by atoms with van der Waals surface area (Å²) in [7, 11) is 0. The van der Waals surface area contributed by atoms with Crippen LogP contribution in [0.5, 0.6) is 0 Å². The monoisotopic (exact) mass is 344 g/mol. The largest absolute Gasteiger partial charge is 0.298 e. The first-order chi connectivity index (χ1) is 12.2. The van der Waals surface area contributed by atoms with Crippen LogP contribution in [-0.4, -0.2) is 10.9 Å². The number of aromatic nitrogens is 1. The number of hydrogen-bond donors (Lipinski definition) is 1. The molecule has 0 aliphatic heterocycles. The molecule has 1 N–H and O–H groups in total. The second-order valence-corrected chi connectivity index (χ2v) is 6.88. The number of fused-ring (bicyclic) bond motifs is 1. The molecule has 0 spiro atoms. The number of hydrogen-bond acceptors (Lipinski definition) is 3. The predicted molar refractivity (Wildman–Crippen MR) is 104 cm³/mol. The number of nitrogens with zero attached hydrogens (tertiary/aromatic N) is 1. The molecule has 0 aliphatic carbocycles. The first-order valence-corrected chi connectivity index (χ1v) is 8.85. The first-order valence-electron chi connectivity index (χ1n) is 8.04. The molecule has 25 heavy (non-hydrogen) atoms. The molecule has 0 saturated carbocycles. The fourth-order valence-electron chi connectivity index (χ4n) is 2.76. The van der Waals surface area contributed by atoms with Gasteiger partial charge < -0.3 is 0 Å². The summed E-state index contributed by atoms with van der Waals surface area (Å²) in [6.45, 7) is 2.05. The molecule has 0 bridgehead atoms. The normalized spacial score (nSPS) is 10.8. The maximum atomic E-state index is 12.8. The van der Waals surface area contributed by atoms with Crippen LogP contribution in [0.3, 0.4) is 0 Å². The number of amides is 1. The number of nitrogens with one attached hydrogen (secondary N) is 1. The highest BCUT2D eigenvalue weighted by atomic mass is 32.1. The number of thiazole rings is 1. The number of anilines is 1. The van der Waals surface area contributed by atoms with E-state index < -0.39 is 0 Å². The van der Waals surface area contributed by atoms with Gasteiger partial charge in [0, 0.05) is 5.56 Å². The van der Waals surface area contributed by atoms with Crippen molar-refractivity contribution in [3.8, 4) is 11.1 Å². The van der Waals surface area contributed by atoms with Gasteiger partial charge in [0.2, 0.25) is 0 Å². The molecule has 0 radical (unpaired) electrons. The zero-order chi connectivity index (χ0) is 17.2. The average molecular weight is 344 g/mol. The Bertz CT molecular complexity index is 1020. The minimum Gasteiger partial charge on any atom is -0.298 e. The van der Waals surface area contributed by atoms with E-state index in [0.717, 1.165) is 21.3 Å². The van der Waals surface area contributed by atoms with Gasteiger partial charge in [0.25, 0.3) is 5.91 Å². The van der Waals surface area contributed by atoms with E-state index in [1.54, 1.807) is 0 Å². The van der Waals surface area contributed by atoms with Crippen LogP contribution in [0.2, 0.25) is 0 Å². The van der Waals surface area contributed by atoms with Crippen molar-refractivity contribution in [2.75, 3.05) is 5.32 Å². The maximum Gasteiger partial charge on any atom is 0.258 e. The highest BCUT2D eigenvalue weighted by Gasteiger charge is 2.14. The molecule has 3 aromatic carbocycles. The highest BCUT2D eigenvalue weighted by Crippen LogP contribution is 2.28. The molecule has 1 amide bonds. The van der Waals surface area contributed by atoms with E-state index in [-0.39, 0.29) is 5.91 Å². The summed E-state index contributed by atoms with van der Waals surface area (Å²) in [5, 5.41) is 3.55. The predicted octanol–water partition coefficient (Wildman–Crippen LogP) is 5.52. The molecule has 0 atom stereocenters. The molecule has 4 rings (SSSR count). The van der Waals surface area contributed by atoms with Crippen LogP contribution in [0.25, 0.3) is 21.3 Å². The minimum absolute atomic E-state index is 0.143. The van der Waals surface area contributed by atoms with Crippen molar-refractivity contribution in [2.45, 2.75) is 6.92 Å². The third-order valence-corrected chi connectivity index (χ3v) is 5.00. The van der Waals surface area contributed by atoms with Gasteiger partial charge in [-0.15, -0.1) is 0 Å². The Morgan fingerprint density at radius 2 is 1.64 bits per heavy atom. The van der Waals surface area contributed by atoms with Gasteiger partial charge in [-0.3, -0.25) is 10.1 Å². The maximum absolute atomic E-state index is 12.8. The van der Waals surface area contributed by atoms with Gasteiger partial charge in [-0.25, -0.2) is 4.98 Å². The van der Waals surface area contributed by atoms with Gasteiger partial charge in [0.15, 0.2) is 5.13 Å². The summed E-state index contributed by atoms with van der Waals surface area (Å²) in [6.07, 6.45) is 0. The topological polar surface area (TPSA) is 42.0 Å². The van der Waals surface area contributed by atoms with E-state index in [9.17, 15) is 4.79 Å². The molecule has 0 unspecified atom stereocenters. The number of rotatable bonds is 3. The molecule has 0 fully saturated rings. The Kier molecular flexibility index (Phi) is 4.04. The van der Waals surface area contributed by atoms with Gasteiger partial charge in [0.05, 0.1) is 10.2 Å². The number of carbonyl (C=O) groups excluding carboxylic acids is 1. The third-order valence-electron chi connectivity index (χ3n) is 4.05. The van der Waals surface area contributed by atoms with E-state index in [4.69, 9.17) is 0 Å². The van der Waals surface area contributed by atoms with E-state index in [1.807, 2.05) is 60.7 Å². The smallest absolute Gasteiger partial charge is 0.258 e. The van der Waals surface area contributed by atoms with Crippen molar-refractivity contribution >= 4 is 32.6 Å². The lowest BCUT2D eigenvalue weighted by Gasteiger charge is -2.09. The summed E-state index contributed by atoms with van der Waals surface area (Å²) in [5.74, 6) is -0.143. The van der Waals surface area contributed by atoms with Gasteiger partial charge in [-0.2, -0.15) is 0 Å². The summed E-state index contributed by atoms with van der Waals surface area (Å²) >= 11 is 1.48. The zero-order valence-electron chi connectivity index (χ0n) is 13.7. The molecule has 3 nitrogen and oxygen atoms in total.